The van der Waals surface area contributed by atoms with E-state index in [1.165, 1.54) is 0 Å². The molecule has 0 aliphatic heterocycles. The summed E-state index contributed by atoms with van der Waals surface area (Å²) in [4.78, 5) is 11.3. The van der Waals surface area contributed by atoms with Crippen LogP contribution in [0.3, 0.4) is 0 Å². The number of benzene rings is 2. The number of fused-ring (bicyclic) bond motifs is 1. The molecule has 0 fully saturated rings. The van der Waals surface area contributed by atoms with Gasteiger partial charge in [0.15, 0.2) is 0 Å². The van der Waals surface area contributed by atoms with E-state index in [-0.39, 0.29) is 5.97 Å². The first-order chi connectivity index (χ1) is 11.7. The maximum atomic E-state index is 11.3. The van der Waals surface area contributed by atoms with Gasteiger partial charge in [-0.2, -0.15) is 0 Å². The standard InChI is InChI=1S/C19H23NO4/c1-3-24-19(21)7-5-4-6-18(20-22)16-9-8-15-13-17(23-2)11-10-14(15)12-16/h8-13,22H,3-7H2,1-2H3/b20-18-. The average Bonchev–Trinajstić information content (AvgIpc) is 2.61. The molecule has 0 saturated carbocycles. The van der Waals surface area contributed by atoms with Crippen LogP contribution in [0.5, 0.6) is 5.75 Å². The molecular formula is C19H23NO4. The monoisotopic (exact) mass is 329 g/mol. The number of ether oxygens (including phenoxy) is 2. The first-order valence-electron chi connectivity index (χ1n) is 8.12. The molecule has 0 atom stereocenters. The molecule has 128 valence electrons. The van der Waals surface area contributed by atoms with Crippen LogP contribution in [-0.2, 0) is 9.53 Å². The van der Waals surface area contributed by atoms with Crippen molar-refractivity contribution in [3.05, 3.63) is 42.0 Å². The minimum Gasteiger partial charge on any atom is -0.497 e. The lowest BCUT2D eigenvalue weighted by atomic mass is 10.00. The van der Waals surface area contributed by atoms with Crippen LogP contribution in [0.15, 0.2) is 41.6 Å². The van der Waals surface area contributed by atoms with Gasteiger partial charge in [0.2, 0.25) is 0 Å². The molecule has 0 amide bonds. The second kappa shape index (κ2) is 8.91. The Bertz CT molecular complexity index is 724. The maximum Gasteiger partial charge on any atom is 0.305 e. The predicted molar refractivity (Wildman–Crippen MR) is 93.9 cm³/mol. The van der Waals surface area contributed by atoms with E-state index in [0.717, 1.165) is 28.5 Å². The van der Waals surface area contributed by atoms with Gasteiger partial charge in [0.25, 0.3) is 0 Å². The van der Waals surface area contributed by atoms with E-state index in [4.69, 9.17) is 9.47 Å². The summed E-state index contributed by atoms with van der Waals surface area (Å²) in [6.45, 7) is 2.20. The zero-order chi connectivity index (χ0) is 17.4. The van der Waals surface area contributed by atoms with Crippen LogP contribution in [-0.4, -0.2) is 30.6 Å². The summed E-state index contributed by atoms with van der Waals surface area (Å²) in [5.41, 5.74) is 1.50. The molecule has 0 spiro atoms. The molecule has 2 aromatic carbocycles. The smallest absolute Gasteiger partial charge is 0.305 e. The largest absolute Gasteiger partial charge is 0.497 e. The van der Waals surface area contributed by atoms with Crippen molar-refractivity contribution in [2.75, 3.05) is 13.7 Å². The number of unbranched alkanes of at least 4 members (excludes halogenated alkanes) is 1. The fraction of sp³-hybridized carbons (Fsp3) is 0.368. The van der Waals surface area contributed by atoms with Crippen molar-refractivity contribution in [2.45, 2.75) is 32.6 Å². The Morgan fingerprint density at radius 3 is 2.50 bits per heavy atom. The van der Waals surface area contributed by atoms with Crippen molar-refractivity contribution in [3.63, 3.8) is 0 Å². The van der Waals surface area contributed by atoms with Crippen molar-refractivity contribution in [1.82, 2.24) is 0 Å². The number of hydrogen-bond acceptors (Lipinski definition) is 5. The summed E-state index contributed by atoms with van der Waals surface area (Å²) in [7, 11) is 1.64. The number of hydrogen-bond donors (Lipinski definition) is 1. The Kier molecular flexibility index (Phi) is 6.61. The minimum absolute atomic E-state index is 0.181. The molecule has 0 heterocycles. The van der Waals surface area contributed by atoms with Crippen LogP contribution in [0.2, 0.25) is 0 Å². The number of nitrogens with zero attached hydrogens (tertiary/aromatic N) is 1. The van der Waals surface area contributed by atoms with E-state index in [9.17, 15) is 10.0 Å². The number of methoxy groups -OCH3 is 1. The topological polar surface area (TPSA) is 68.1 Å². The van der Waals surface area contributed by atoms with Gasteiger partial charge in [0.1, 0.15) is 5.75 Å². The highest BCUT2D eigenvalue weighted by Crippen LogP contribution is 2.23. The fourth-order valence-corrected chi connectivity index (χ4v) is 2.58. The first-order valence-corrected chi connectivity index (χ1v) is 8.12. The second-order valence-electron chi connectivity index (χ2n) is 5.49. The molecule has 0 radical (unpaired) electrons. The molecule has 0 aliphatic carbocycles. The van der Waals surface area contributed by atoms with E-state index >= 15 is 0 Å². The molecule has 0 unspecified atom stereocenters. The number of esters is 1. The molecular weight excluding hydrogens is 306 g/mol. The number of oxime groups is 1. The minimum atomic E-state index is -0.181. The predicted octanol–water partition coefficient (Wildman–Crippen LogP) is 4.15. The van der Waals surface area contributed by atoms with Gasteiger partial charge in [-0.15, -0.1) is 0 Å². The van der Waals surface area contributed by atoms with E-state index in [1.807, 2.05) is 36.4 Å². The Morgan fingerprint density at radius 1 is 1.08 bits per heavy atom. The quantitative estimate of drug-likeness (QED) is 0.260. The molecule has 0 bridgehead atoms. The lowest BCUT2D eigenvalue weighted by Gasteiger charge is -2.08. The lowest BCUT2D eigenvalue weighted by Crippen LogP contribution is -2.05. The molecule has 1 N–H and O–H groups in total. The zero-order valence-electron chi connectivity index (χ0n) is 14.1. The van der Waals surface area contributed by atoms with E-state index in [1.54, 1.807) is 14.0 Å². The van der Waals surface area contributed by atoms with Crippen molar-refractivity contribution < 1.29 is 19.5 Å². The van der Waals surface area contributed by atoms with Gasteiger partial charge in [0.05, 0.1) is 19.4 Å². The van der Waals surface area contributed by atoms with Crippen LogP contribution in [0.4, 0.5) is 0 Å². The highest BCUT2D eigenvalue weighted by atomic mass is 16.5. The molecule has 0 aliphatic rings. The van der Waals surface area contributed by atoms with Gasteiger partial charge in [-0.05, 0) is 60.7 Å². The van der Waals surface area contributed by atoms with Gasteiger partial charge < -0.3 is 14.7 Å². The third-order valence-electron chi connectivity index (χ3n) is 3.85. The highest BCUT2D eigenvalue weighted by molar-refractivity contribution is 6.03. The normalized spacial score (nSPS) is 11.5. The van der Waals surface area contributed by atoms with Gasteiger partial charge in [-0.3, -0.25) is 4.79 Å². The number of carbonyl (C=O) groups is 1. The summed E-state index contributed by atoms with van der Waals surface area (Å²) in [5, 5.41) is 14.9. The Labute approximate surface area is 141 Å². The van der Waals surface area contributed by atoms with Crippen molar-refractivity contribution in [2.24, 2.45) is 5.16 Å². The average molecular weight is 329 g/mol. The van der Waals surface area contributed by atoms with Gasteiger partial charge in [0, 0.05) is 6.42 Å². The Hall–Kier alpha value is -2.56. The molecule has 2 aromatic rings. The first kappa shape index (κ1) is 17.8. The van der Waals surface area contributed by atoms with E-state index < -0.39 is 0 Å². The third-order valence-corrected chi connectivity index (χ3v) is 3.85. The summed E-state index contributed by atoms with van der Waals surface area (Å²) in [6, 6.07) is 11.8. The molecule has 5 nitrogen and oxygen atoms in total. The molecule has 0 aromatic heterocycles. The van der Waals surface area contributed by atoms with Crippen LogP contribution in [0.1, 0.15) is 38.2 Å². The van der Waals surface area contributed by atoms with E-state index in [2.05, 4.69) is 5.16 Å². The Balaban J connectivity index is 2.00. The van der Waals surface area contributed by atoms with Crippen molar-refractivity contribution in [1.29, 1.82) is 0 Å². The molecule has 24 heavy (non-hydrogen) atoms. The fourth-order valence-electron chi connectivity index (χ4n) is 2.58. The van der Waals surface area contributed by atoms with Crippen LogP contribution < -0.4 is 4.74 Å². The van der Waals surface area contributed by atoms with Crippen molar-refractivity contribution in [3.8, 4) is 5.75 Å². The second-order valence-corrected chi connectivity index (χ2v) is 5.49. The summed E-state index contributed by atoms with van der Waals surface area (Å²) >= 11 is 0. The lowest BCUT2D eigenvalue weighted by molar-refractivity contribution is -0.143. The van der Waals surface area contributed by atoms with Gasteiger partial charge >= 0.3 is 5.97 Å². The highest BCUT2D eigenvalue weighted by Gasteiger charge is 2.08. The zero-order valence-corrected chi connectivity index (χ0v) is 14.1. The Morgan fingerprint density at radius 2 is 1.79 bits per heavy atom. The third kappa shape index (κ3) is 4.72. The van der Waals surface area contributed by atoms with Crippen LogP contribution in [0, 0.1) is 0 Å². The molecule has 0 saturated heterocycles. The van der Waals surface area contributed by atoms with Crippen LogP contribution >= 0.6 is 0 Å². The summed E-state index contributed by atoms with van der Waals surface area (Å²) < 4.78 is 10.1. The summed E-state index contributed by atoms with van der Waals surface area (Å²) in [6.07, 6.45) is 2.48. The maximum absolute atomic E-state index is 11.3. The van der Waals surface area contributed by atoms with Crippen LogP contribution in [0.25, 0.3) is 10.8 Å². The molecule has 5 heteroatoms. The van der Waals surface area contributed by atoms with E-state index in [0.29, 0.717) is 31.6 Å². The number of carbonyl (C=O) groups excluding carboxylic acids is 1. The molecule has 2 rings (SSSR count). The van der Waals surface area contributed by atoms with Gasteiger partial charge in [-0.25, -0.2) is 0 Å². The number of rotatable bonds is 8. The van der Waals surface area contributed by atoms with Gasteiger partial charge in [-0.1, -0.05) is 23.4 Å². The van der Waals surface area contributed by atoms with Crippen molar-refractivity contribution >= 4 is 22.5 Å². The SMILES string of the molecule is CCOC(=O)CCCC/C(=N/O)c1ccc2cc(OC)ccc2c1. The summed E-state index contributed by atoms with van der Waals surface area (Å²) in [5.74, 6) is 0.630.